The molecule has 57 valence electrons. The molecule has 0 rings (SSSR count). The third-order valence-electron chi connectivity index (χ3n) is 1.18. The Morgan fingerprint density at radius 1 is 1.50 bits per heavy atom. The molecule has 2 nitrogen and oxygen atoms in total. The van der Waals surface area contributed by atoms with Crippen molar-refractivity contribution in [2.24, 2.45) is 0 Å². The second-order valence-corrected chi connectivity index (χ2v) is 2.10. The summed E-state index contributed by atoms with van der Waals surface area (Å²) >= 11 is 0. The van der Waals surface area contributed by atoms with E-state index >= 15 is 0 Å². The van der Waals surface area contributed by atoms with Gasteiger partial charge >= 0.3 is 6.41 Å². The summed E-state index contributed by atoms with van der Waals surface area (Å²) in [5, 5.41) is 2.43. The Labute approximate surface area is 62.3 Å². The average Bonchev–Trinajstić information content (AvgIpc) is 1.97. The Morgan fingerprint density at radius 3 is 2.90 bits per heavy atom. The SMILES string of the molecule is CCCC/C=C/CN[C]=O. The van der Waals surface area contributed by atoms with Gasteiger partial charge in [0.25, 0.3) is 0 Å². The molecule has 0 bridgehead atoms. The summed E-state index contributed by atoms with van der Waals surface area (Å²) in [4.78, 5) is 9.62. The zero-order valence-electron chi connectivity index (χ0n) is 6.39. The van der Waals surface area contributed by atoms with E-state index in [1.165, 1.54) is 12.8 Å². The van der Waals surface area contributed by atoms with Gasteiger partial charge in [-0.2, -0.15) is 0 Å². The molecule has 0 unspecified atom stereocenters. The first kappa shape index (κ1) is 9.21. The van der Waals surface area contributed by atoms with Gasteiger partial charge in [-0.15, -0.1) is 0 Å². The molecule has 0 fully saturated rings. The van der Waals surface area contributed by atoms with Gasteiger partial charge in [0, 0.05) is 6.54 Å². The van der Waals surface area contributed by atoms with Gasteiger partial charge in [-0.1, -0.05) is 31.9 Å². The molecule has 0 atom stereocenters. The fraction of sp³-hybridized carbons (Fsp3) is 0.625. The van der Waals surface area contributed by atoms with Gasteiger partial charge in [-0.25, -0.2) is 0 Å². The molecule has 1 radical (unpaired) electrons. The molecule has 1 N–H and O–H groups in total. The van der Waals surface area contributed by atoms with Gasteiger partial charge in [0.1, 0.15) is 0 Å². The number of rotatable bonds is 6. The molecule has 0 aliphatic heterocycles. The normalized spacial score (nSPS) is 10.1. The molecule has 0 aromatic heterocycles. The highest BCUT2D eigenvalue weighted by Gasteiger charge is 1.77. The fourth-order valence-electron chi connectivity index (χ4n) is 0.624. The van der Waals surface area contributed by atoms with Crippen LogP contribution in [-0.4, -0.2) is 13.0 Å². The summed E-state index contributed by atoms with van der Waals surface area (Å²) in [6.45, 7) is 2.76. The summed E-state index contributed by atoms with van der Waals surface area (Å²) < 4.78 is 0. The lowest BCUT2D eigenvalue weighted by Gasteiger charge is -1.88. The number of hydrogen-bond donors (Lipinski definition) is 1. The zero-order valence-corrected chi connectivity index (χ0v) is 6.39. The van der Waals surface area contributed by atoms with Crippen LogP contribution < -0.4 is 5.32 Å². The maximum atomic E-state index is 9.62. The number of hydrogen-bond acceptors (Lipinski definition) is 1. The summed E-state index contributed by atoms with van der Waals surface area (Å²) in [6, 6.07) is 0. The van der Waals surface area contributed by atoms with Crippen LogP contribution in [0.2, 0.25) is 0 Å². The molecule has 0 heterocycles. The van der Waals surface area contributed by atoms with Crippen LogP contribution in [0.5, 0.6) is 0 Å². The van der Waals surface area contributed by atoms with E-state index in [0.29, 0.717) is 6.54 Å². The van der Waals surface area contributed by atoms with E-state index in [9.17, 15) is 4.79 Å². The third kappa shape index (κ3) is 7.21. The van der Waals surface area contributed by atoms with Crippen LogP contribution in [0, 0.1) is 0 Å². The van der Waals surface area contributed by atoms with Gasteiger partial charge in [-0.05, 0) is 6.42 Å². The molecule has 0 saturated carbocycles. The highest BCUT2D eigenvalue weighted by Crippen LogP contribution is 1.93. The Morgan fingerprint density at radius 2 is 2.30 bits per heavy atom. The molecule has 0 spiro atoms. The summed E-state index contributed by atoms with van der Waals surface area (Å²) in [5.74, 6) is 0. The number of unbranched alkanes of at least 4 members (excludes halogenated alkanes) is 2. The summed E-state index contributed by atoms with van der Waals surface area (Å²) in [5.41, 5.74) is 0. The third-order valence-corrected chi connectivity index (χ3v) is 1.18. The van der Waals surface area contributed by atoms with Crippen LogP contribution in [-0.2, 0) is 4.79 Å². The molecule has 0 saturated heterocycles. The topological polar surface area (TPSA) is 29.1 Å². The predicted octanol–water partition coefficient (Wildman–Crippen LogP) is 1.39. The van der Waals surface area contributed by atoms with E-state index in [1.807, 2.05) is 6.08 Å². The Balaban J connectivity index is 2.96. The number of amides is 1. The summed E-state index contributed by atoms with van der Waals surface area (Å²) in [6.07, 6.45) is 9.18. The first-order valence-electron chi connectivity index (χ1n) is 3.66. The minimum Gasteiger partial charge on any atom is -0.344 e. The van der Waals surface area contributed by atoms with Crippen molar-refractivity contribution in [1.82, 2.24) is 5.32 Å². The van der Waals surface area contributed by atoms with Crippen molar-refractivity contribution in [2.45, 2.75) is 26.2 Å². The Bertz CT molecular complexity index is 99.4. The molecule has 10 heavy (non-hydrogen) atoms. The van der Waals surface area contributed by atoms with Crippen molar-refractivity contribution in [3.05, 3.63) is 12.2 Å². The number of allylic oxidation sites excluding steroid dienone is 1. The average molecular weight is 140 g/mol. The molecule has 0 aromatic carbocycles. The van der Waals surface area contributed by atoms with Gasteiger partial charge < -0.3 is 5.32 Å². The zero-order chi connectivity index (χ0) is 7.66. The molecule has 0 aliphatic carbocycles. The lowest BCUT2D eigenvalue weighted by molar-refractivity contribution is 0.545. The van der Waals surface area contributed by atoms with E-state index in [2.05, 4.69) is 18.3 Å². The van der Waals surface area contributed by atoms with E-state index in [0.717, 1.165) is 6.42 Å². The van der Waals surface area contributed by atoms with Crippen LogP contribution in [0.15, 0.2) is 12.2 Å². The molecular weight excluding hydrogens is 126 g/mol. The van der Waals surface area contributed by atoms with Crippen molar-refractivity contribution in [3.8, 4) is 0 Å². The largest absolute Gasteiger partial charge is 0.344 e. The van der Waals surface area contributed by atoms with Crippen molar-refractivity contribution in [2.75, 3.05) is 6.54 Å². The van der Waals surface area contributed by atoms with Gasteiger partial charge in [0.05, 0.1) is 0 Å². The van der Waals surface area contributed by atoms with Crippen LogP contribution in [0.4, 0.5) is 0 Å². The highest BCUT2D eigenvalue weighted by molar-refractivity contribution is 5.47. The fourth-order valence-corrected chi connectivity index (χ4v) is 0.624. The summed E-state index contributed by atoms with van der Waals surface area (Å²) in [7, 11) is 0. The van der Waals surface area contributed by atoms with Crippen LogP contribution in [0.1, 0.15) is 26.2 Å². The van der Waals surface area contributed by atoms with Crippen LogP contribution in [0.25, 0.3) is 0 Å². The number of nitrogens with one attached hydrogen (secondary N) is 1. The minimum atomic E-state index is 0.604. The van der Waals surface area contributed by atoms with Gasteiger partial charge in [-0.3, -0.25) is 4.79 Å². The van der Waals surface area contributed by atoms with Gasteiger partial charge in [0.2, 0.25) is 0 Å². The smallest absolute Gasteiger partial charge is 0.309 e. The second-order valence-electron chi connectivity index (χ2n) is 2.10. The lowest BCUT2D eigenvalue weighted by Crippen LogP contribution is -2.09. The van der Waals surface area contributed by atoms with Crippen molar-refractivity contribution in [1.29, 1.82) is 0 Å². The van der Waals surface area contributed by atoms with Crippen LogP contribution in [0.3, 0.4) is 0 Å². The molecule has 0 aromatic rings. The van der Waals surface area contributed by atoms with Crippen molar-refractivity contribution in [3.63, 3.8) is 0 Å². The monoisotopic (exact) mass is 140 g/mol. The first-order chi connectivity index (χ1) is 4.91. The second kappa shape index (κ2) is 8.21. The highest BCUT2D eigenvalue weighted by atomic mass is 16.1. The Hall–Kier alpha value is -0.790. The van der Waals surface area contributed by atoms with E-state index in [-0.39, 0.29) is 0 Å². The minimum absolute atomic E-state index is 0.604. The maximum Gasteiger partial charge on any atom is 0.309 e. The predicted molar refractivity (Wildman–Crippen MR) is 42.4 cm³/mol. The maximum absolute atomic E-state index is 9.62. The molecule has 2 heteroatoms. The van der Waals surface area contributed by atoms with E-state index in [1.54, 1.807) is 6.41 Å². The lowest BCUT2D eigenvalue weighted by atomic mass is 10.2. The quantitative estimate of drug-likeness (QED) is 0.337. The van der Waals surface area contributed by atoms with E-state index in [4.69, 9.17) is 0 Å². The molecular formula is C8H14NO. The number of carbonyl (C=O) groups excluding carboxylic acids is 1. The van der Waals surface area contributed by atoms with Gasteiger partial charge in [0.15, 0.2) is 0 Å². The first-order valence-corrected chi connectivity index (χ1v) is 3.66. The molecule has 0 aliphatic rings. The van der Waals surface area contributed by atoms with Crippen molar-refractivity contribution < 1.29 is 4.79 Å². The molecule has 1 amide bonds. The van der Waals surface area contributed by atoms with E-state index < -0.39 is 0 Å². The standard InChI is InChI=1S/C8H14NO/c1-2-3-4-5-6-7-9-8-10/h5-6H,2-4,7H2,1H3,(H,9,10)/b6-5+. The Kier molecular flexibility index (Phi) is 7.56. The van der Waals surface area contributed by atoms with Crippen molar-refractivity contribution >= 4 is 6.41 Å². The van der Waals surface area contributed by atoms with Crippen LogP contribution >= 0.6 is 0 Å².